The second-order valence-corrected chi connectivity index (χ2v) is 7.60. The molecule has 0 bridgehead atoms. The maximum Gasteiger partial charge on any atom is 0.231 e. The SMILES string of the molecule is CCC(=O)N1CCC(NC(=NC)NCC2(c3ccc4c(c3)OCO4)CC2)C1.I. The fraction of sp³-hybridized carbons (Fsp3) is 0.600. The lowest BCUT2D eigenvalue weighted by atomic mass is 9.95. The largest absolute Gasteiger partial charge is 0.454 e. The van der Waals surface area contributed by atoms with Gasteiger partial charge in [-0.25, -0.2) is 0 Å². The van der Waals surface area contributed by atoms with Gasteiger partial charge in [0.2, 0.25) is 12.7 Å². The third-order valence-electron chi connectivity index (χ3n) is 5.84. The van der Waals surface area contributed by atoms with Gasteiger partial charge >= 0.3 is 0 Å². The fourth-order valence-electron chi connectivity index (χ4n) is 3.91. The zero-order chi connectivity index (χ0) is 18.9. The number of guanidine groups is 1. The van der Waals surface area contributed by atoms with Gasteiger partial charge in [0.15, 0.2) is 17.5 Å². The summed E-state index contributed by atoms with van der Waals surface area (Å²) in [5.74, 6) is 2.69. The van der Waals surface area contributed by atoms with Crippen LogP contribution in [-0.2, 0) is 10.2 Å². The van der Waals surface area contributed by atoms with Gasteiger partial charge in [-0.05, 0) is 37.0 Å². The molecule has 2 aliphatic heterocycles. The zero-order valence-electron chi connectivity index (χ0n) is 16.5. The van der Waals surface area contributed by atoms with Gasteiger partial charge in [-0.3, -0.25) is 9.79 Å². The highest BCUT2D eigenvalue weighted by atomic mass is 127. The van der Waals surface area contributed by atoms with Crippen molar-refractivity contribution in [2.24, 2.45) is 4.99 Å². The lowest BCUT2D eigenvalue weighted by Gasteiger charge is -2.22. The van der Waals surface area contributed by atoms with Crippen LogP contribution in [0.3, 0.4) is 0 Å². The summed E-state index contributed by atoms with van der Waals surface area (Å²) in [5, 5.41) is 6.96. The smallest absolute Gasteiger partial charge is 0.231 e. The molecule has 1 saturated carbocycles. The van der Waals surface area contributed by atoms with Crippen LogP contribution in [0.4, 0.5) is 0 Å². The summed E-state index contributed by atoms with van der Waals surface area (Å²) in [6.45, 7) is 4.62. The van der Waals surface area contributed by atoms with E-state index in [9.17, 15) is 4.79 Å². The van der Waals surface area contributed by atoms with E-state index in [-0.39, 0.29) is 41.3 Å². The minimum Gasteiger partial charge on any atom is -0.454 e. The molecule has 28 heavy (non-hydrogen) atoms. The molecule has 0 aromatic heterocycles. The molecule has 1 amide bonds. The number of amides is 1. The Hall–Kier alpha value is -1.71. The summed E-state index contributed by atoms with van der Waals surface area (Å²) in [6, 6.07) is 6.51. The Morgan fingerprint density at radius 1 is 1.32 bits per heavy atom. The molecule has 1 unspecified atom stereocenters. The van der Waals surface area contributed by atoms with Crippen LogP contribution in [0.2, 0.25) is 0 Å². The number of likely N-dealkylation sites (tertiary alicyclic amines) is 1. The van der Waals surface area contributed by atoms with Gasteiger partial charge in [-0.15, -0.1) is 24.0 Å². The Morgan fingerprint density at radius 3 is 2.82 bits per heavy atom. The highest BCUT2D eigenvalue weighted by molar-refractivity contribution is 14.0. The van der Waals surface area contributed by atoms with Crippen LogP contribution in [0, 0.1) is 0 Å². The topological polar surface area (TPSA) is 75.2 Å². The average Bonchev–Trinajstić information content (AvgIpc) is 3.12. The molecule has 2 N–H and O–H groups in total. The van der Waals surface area contributed by atoms with E-state index in [2.05, 4.69) is 27.8 Å². The third kappa shape index (κ3) is 4.31. The summed E-state index contributed by atoms with van der Waals surface area (Å²) in [7, 11) is 1.79. The molecule has 154 valence electrons. The third-order valence-corrected chi connectivity index (χ3v) is 5.84. The highest BCUT2D eigenvalue weighted by Crippen LogP contribution is 2.49. The summed E-state index contributed by atoms with van der Waals surface area (Å²) in [4.78, 5) is 18.2. The number of fused-ring (bicyclic) bond motifs is 1. The first kappa shape index (κ1) is 21.0. The zero-order valence-corrected chi connectivity index (χ0v) is 18.8. The summed E-state index contributed by atoms with van der Waals surface area (Å²) >= 11 is 0. The van der Waals surface area contributed by atoms with Gasteiger partial charge in [-0.1, -0.05) is 13.0 Å². The van der Waals surface area contributed by atoms with Crippen molar-refractivity contribution in [2.75, 3.05) is 33.5 Å². The van der Waals surface area contributed by atoms with Gasteiger partial charge in [0.05, 0.1) is 0 Å². The van der Waals surface area contributed by atoms with Crippen LogP contribution in [0.5, 0.6) is 11.5 Å². The van der Waals surface area contributed by atoms with Crippen molar-refractivity contribution in [3.05, 3.63) is 23.8 Å². The van der Waals surface area contributed by atoms with Crippen LogP contribution in [0.25, 0.3) is 0 Å². The van der Waals surface area contributed by atoms with E-state index in [1.165, 1.54) is 5.56 Å². The van der Waals surface area contributed by atoms with Crippen molar-refractivity contribution >= 4 is 35.8 Å². The van der Waals surface area contributed by atoms with E-state index in [4.69, 9.17) is 9.47 Å². The molecule has 4 rings (SSSR count). The van der Waals surface area contributed by atoms with Gasteiger partial charge in [0.25, 0.3) is 0 Å². The lowest BCUT2D eigenvalue weighted by molar-refractivity contribution is -0.129. The Morgan fingerprint density at radius 2 is 2.11 bits per heavy atom. The molecule has 1 atom stereocenters. The molecule has 2 heterocycles. The number of ether oxygens (including phenoxy) is 2. The molecule has 3 aliphatic rings. The van der Waals surface area contributed by atoms with E-state index >= 15 is 0 Å². The highest BCUT2D eigenvalue weighted by Gasteiger charge is 2.45. The summed E-state index contributed by atoms with van der Waals surface area (Å²) < 4.78 is 10.9. The van der Waals surface area contributed by atoms with Crippen molar-refractivity contribution in [2.45, 2.75) is 44.1 Å². The average molecular weight is 500 g/mol. The molecule has 0 radical (unpaired) electrons. The Balaban J connectivity index is 0.00000225. The van der Waals surface area contributed by atoms with E-state index < -0.39 is 0 Å². The van der Waals surface area contributed by atoms with Crippen LogP contribution in [-0.4, -0.2) is 56.3 Å². The number of hydrogen-bond acceptors (Lipinski definition) is 4. The summed E-state index contributed by atoms with van der Waals surface area (Å²) in [6.07, 6.45) is 3.83. The van der Waals surface area contributed by atoms with Crippen molar-refractivity contribution in [1.82, 2.24) is 15.5 Å². The molecule has 0 spiro atoms. The number of carbonyl (C=O) groups is 1. The van der Waals surface area contributed by atoms with E-state index in [0.29, 0.717) is 13.2 Å². The predicted octanol–water partition coefficient (Wildman–Crippen LogP) is 2.24. The molecule has 1 aromatic carbocycles. The Labute approximate surface area is 183 Å². The van der Waals surface area contributed by atoms with Crippen molar-refractivity contribution < 1.29 is 14.3 Å². The molecule has 2 fully saturated rings. The fourth-order valence-corrected chi connectivity index (χ4v) is 3.91. The first-order valence-corrected chi connectivity index (χ1v) is 9.78. The lowest BCUT2D eigenvalue weighted by Crippen LogP contribution is -2.47. The number of benzene rings is 1. The van der Waals surface area contributed by atoms with E-state index in [0.717, 1.165) is 56.4 Å². The molecule has 7 nitrogen and oxygen atoms in total. The quantitative estimate of drug-likeness (QED) is 0.369. The second kappa shape index (κ2) is 8.75. The maximum absolute atomic E-state index is 11.9. The molecule has 1 aromatic rings. The Bertz CT molecular complexity index is 751. The maximum atomic E-state index is 11.9. The monoisotopic (exact) mass is 500 g/mol. The predicted molar refractivity (Wildman–Crippen MR) is 119 cm³/mol. The number of aliphatic imine (C=N–C) groups is 1. The number of rotatable bonds is 5. The molecule has 1 saturated heterocycles. The number of halogens is 1. The van der Waals surface area contributed by atoms with Crippen LogP contribution >= 0.6 is 24.0 Å². The van der Waals surface area contributed by atoms with Gasteiger partial charge in [-0.2, -0.15) is 0 Å². The summed E-state index contributed by atoms with van der Waals surface area (Å²) in [5.41, 5.74) is 1.42. The minimum atomic E-state index is 0. The first-order chi connectivity index (χ1) is 13.1. The number of nitrogens with zero attached hydrogens (tertiary/aromatic N) is 2. The van der Waals surface area contributed by atoms with E-state index in [1.807, 2.05) is 17.9 Å². The van der Waals surface area contributed by atoms with Crippen molar-refractivity contribution in [1.29, 1.82) is 0 Å². The van der Waals surface area contributed by atoms with Gasteiger partial charge < -0.3 is 25.0 Å². The first-order valence-electron chi connectivity index (χ1n) is 9.78. The van der Waals surface area contributed by atoms with Crippen LogP contribution in [0.1, 0.15) is 38.2 Å². The number of carbonyl (C=O) groups excluding carboxylic acids is 1. The number of hydrogen-bond donors (Lipinski definition) is 2. The van der Waals surface area contributed by atoms with Gasteiger partial charge in [0.1, 0.15) is 0 Å². The van der Waals surface area contributed by atoms with Crippen LogP contribution in [0.15, 0.2) is 23.2 Å². The molecular weight excluding hydrogens is 471 g/mol. The Kier molecular flexibility index (Phi) is 6.57. The number of nitrogens with one attached hydrogen (secondary N) is 2. The molecule has 8 heteroatoms. The van der Waals surface area contributed by atoms with Crippen molar-refractivity contribution in [3.8, 4) is 11.5 Å². The molecular formula is C20H29IN4O3. The van der Waals surface area contributed by atoms with Crippen LogP contribution < -0.4 is 20.1 Å². The standard InChI is InChI=1S/C20H28N4O3.HI/c1-3-18(25)24-9-6-15(11-24)23-19(21-2)22-12-20(7-8-20)14-4-5-16-17(10-14)27-13-26-16;/h4-5,10,15H,3,6-9,11-13H2,1-2H3,(H2,21,22,23);1H. The van der Waals surface area contributed by atoms with Gasteiger partial charge in [0, 0.05) is 44.6 Å². The normalized spacial score (nSPS) is 21.9. The molecule has 1 aliphatic carbocycles. The minimum absolute atomic E-state index is 0. The second-order valence-electron chi connectivity index (χ2n) is 7.60. The van der Waals surface area contributed by atoms with E-state index in [1.54, 1.807) is 7.05 Å². The van der Waals surface area contributed by atoms with Crippen molar-refractivity contribution in [3.63, 3.8) is 0 Å².